The molecule has 106 valence electrons. The van der Waals surface area contributed by atoms with Gasteiger partial charge in [0.25, 0.3) is 5.69 Å². The van der Waals surface area contributed by atoms with Gasteiger partial charge in [-0.1, -0.05) is 15.9 Å². The van der Waals surface area contributed by atoms with Gasteiger partial charge < -0.3 is 9.30 Å². The first kappa shape index (κ1) is 14.6. The minimum atomic E-state index is -0.427. The summed E-state index contributed by atoms with van der Waals surface area (Å²) in [6.07, 6.45) is 0. The van der Waals surface area contributed by atoms with Crippen LogP contribution in [0.2, 0.25) is 0 Å². The molecule has 0 fully saturated rings. The zero-order valence-electron chi connectivity index (χ0n) is 10.8. The smallest absolute Gasteiger partial charge is 0.269 e. The van der Waals surface area contributed by atoms with Crippen molar-refractivity contribution in [1.82, 2.24) is 14.8 Å². The minimum Gasteiger partial charge on any atom is -0.383 e. The number of halogens is 1. The van der Waals surface area contributed by atoms with Crippen molar-refractivity contribution >= 4 is 21.6 Å². The van der Waals surface area contributed by atoms with Gasteiger partial charge in [-0.05, 0) is 12.1 Å². The average molecular weight is 341 g/mol. The molecule has 8 heteroatoms. The van der Waals surface area contributed by atoms with Gasteiger partial charge in [-0.2, -0.15) is 0 Å². The highest BCUT2D eigenvalue weighted by Crippen LogP contribution is 2.22. The topological polar surface area (TPSA) is 83.1 Å². The summed E-state index contributed by atoms with van der Waals surface area (Å²) in [5, 5.41) is 19.5. The second-order valence-electron chi connectivity index (χ2n) is 4.02. The van der Waals surface area contributed by atoms with E-state index in [4.69, 9.17) is 4.74 Å². The van der Waals surface area contributed by atoms with E-state index >= 15 is 0 Å². The second-order valence-corrected chi connectivity index (χ2v) is 4.58. The molecule has 0 aliphatic rings. The van der Waals surface area contributed by atoms with E-state index in [1.807, 2.05) is 4.57 Å². The van der Waals surface area contributed by atoms with Crippen LogP contribution >= 0.6 is 15.9 Å². The fourth-order valence-corrected chi connectivity index (χ4v) is 2.21. The van der Waals surface area contributed by atoms with Crippen LogP contribution in [0, 0.1) is 10.1 Å². The summed E-state index contributed by atoms with van der Waals surface area (Å²) in [6, 6.07) is 6.25. The average Bonchev–Trinajstić information content (AvgIpc) is 2.88. The SMILES string of the molecule is COCCn1c(CBr)nnc1-c1ccc([N+](=O)[O-])cc1. The minimum absolute atomic E-state index is 0.0532. The third kappa shape index (κ3) is 3.02. The Bertz CT molecular complexity index is 597. The molecule has 7 nitrogen and oxygen atoms in total. The van der Waals surface area contributed by atoms with Gasteiger partial charge in [0.05, 0.1) is 16.9 Å². The summed E-state index contributed by atoms with van der Waals surface area (Å²) >= 11 is 3.36. The van der Waals surface area contributed by atoms with Crippen molar-refractivity contribution in [2.24, 2.45) is 0 Å². The Morgan fingerprint density at radius 2 is 2.05 bits per heavy atom. The lowest BCUT2D eigenvalue weighted by molar-refractivity contribution is -0.384. The monoisotopic (exact) mass is 340 g/mol. The molecule has 0 saturated heterocycles. The van der Waals surface area contributed by atoms with Crippen LogP contribution < -0.4 is 0 Å². The van der Waals surface area contributed by atoms with E-state index in [1.54, 1.807) is 19.2 Å². The van der Waals surface area contributed by atoms with Gasteiger partial charge in [-0.3, -0.25) is 10.1 Å². The van der Waals surface area contributed by atoms with Crippen molar-refractivity contribution < 1.29 is 9.66 Å². The summed E-state index contributed by atoms with van der Waals surface area (Å²) in [7, 11) is 1.63. The summed E-state index contributed by atoms with van der Waals surface area (Å²) in [6.45, 7) is 1.16. The van der Waals surface area contributed by atoms with E-state index in [0.29, 0.717) is 24.3 Å². The molecule has 0 spiro atoms. The number of rotatable bonds is 6. The van der Waals surface area contributed by atoms with Crippen molar-refractivity contribution in [3.8, 4) is 11.4 Å². The van der Waals surface area contributed by atoms with Crippen molar-refractivity contribution in [2.75, 3.05) is 13.7 Å². The number of nitro groups is 1. The van der Waals surface area contributed by atoms with Crippen LogP contribution in [0.15, 0.2) is 24.3 Å². The predicted octanol–water partition coefficient (Wildman–Crippen LogP) is 2.39. The standard InChI is InChI=1S/C12H13BrN4O3/c1-20-7-6-16-11(8-13)14-15-12(16)9-2-4-10(5-3-9)17(18)19/h2-5H,6-8H2,1H3. The number of benzene rings is 1. The van der Waals surface area contributed by atoms with Gasteiger partial charge in [-0.25, -0.2) is 0 Å². The molecule has 0 saturated carbocycles. The van der Waals surface area contributed by atoms with Crippen molar-refractivity contribution in [3.05, 3.63) is 40.2 Å². The predicted molar refractivity (Wildman–Crippen MR) is 76.6 cm³/mol. The molecule has 0 radical (unpaired) electrons. The van der Waals surface area contributed by atoms with E-state index in [2.05, 4.69) is 26.1 Å². The molecule has 20 heavy (non-hydrogen) atoms. The highest BCUT2D eigenvalue weighted by atomic mass is 79.9. The maximum Gasteiger partial charge on any atom is 0.269 e. The zero-order valence-corrected chi connectivity index (χ0v) is 12.4. The molecule has 0 atom stereocenters. The zero-order chi connectivity index (χ0) is 14.5. The fourth-order valence-electron chi connectivity index (χ4n) is 1.80. The van der Waals surface area contributed by atoms with E-state index in [9.17, 15) is 10.1 Å². The summed E-state index contributed by atoms with van der Waals surface area (Å²) in [4.78, 5) is 10.2. The number of methoxy groups -OCH3 is 1. The molecular weight excluding hydrogens is 328 g/mol. The van der Waals surface area contributed by atoms with E-state index in [0.717, 1.165) is 11.4 Å². The van der Waals surface area contributed by atoms with Gasteiger partial charge >= 0.3 is 0 Å². The Labute approximate surface area is 123 Å². The lowest BCUT2D eigenvalue weighted by Crippen LogP contribution is -2.09. The second kappa shape index (κ2) is 6.58. The van der Waals surface area contributed by atoms with Crippen LogP contribution in [0.5, 0.6) is 0 Å². The Balaban J connectivity index is 2.36. The molecule has 0 unspecified atom stereocenters. The van der Waals surface area contributed by atoms with Crippen LogP contribution in [0.25, 0.3) is 11.4 Å². The molecular formula is C12H13BrN4O3. The molecule has 0 N–H and O–H groups in total. The number of non-ortho nitro benzene ring substituents is 1. The fraction of sp³-hybridized carbons (Fsp3) is 0.333. The highest BCUT2D eigenvalue weighted by Gasteiger charge is 2.14. The van der Waals surface area contributed by atoms with Gasteiger partial charge in [0, 0.05) is 31.4 Å². The maximum absolute atomic E-state index is 10.7. The largest absolute Gasteiger partial charge is 0.383 e. The van der Waals surface area contributed by atoms with Gasteiger partial charge in [0.15, 0.2) is 5.82 Å². The summed E-state index contributed by atoms with van der Waals surface area (Å²) < 4.78 is 7.01. The number of aromatic nitrogens is 3. The summed E-state index contributed by atoms with van der Waals surface area (Å²) in [5.41, 5.74) is 0.837. The molecule has 0 aliphatic carbocycles. The molecule has 1 aromatic carbocycles. The number of nitrogens with zero attached hydrogens (tertiary/aromatic N) is 4. The lowest BCUT2D eigenvalue weighted by Gasteiger charge is -2.08. The van der Waals surface area contributed by atoms with Crippen LogP contribution in [0.4, 0.5) is 5.69 Å². The Morgan fingerprint density at radius 1 is 1.35 bits per heavy atom. The molecule has 0 bridgehead atoms. The van der Waals surface area contributed by atoms with Crippen LogP contribution in [-0.4, -0.2) is 33.4 Å². The molecule has 2 rings (SSSR count). The Morgan fingerprint density at radius 3 is 2.60 bits per heavy atom. The molecule has 1 heterocycles. The third-order valence-electron chi connectivity index (χ3n) is 2.80. The lowest BCUT2D eigenvalue weighted by atomic mass is 10.2. The van der Waals surface area contributed by atoms with Crippen molar-refractivity contribution in [3.63, 3.8) is 0 Å². The van der Waals surface area contributed by atoms with Crippen LogP contribution in [-0.2, 0) is 16.6 Å². The number of hydrogen-bond donors (Lipinski definition) is 0. The van der Waals surface area contributed by atoms with Crippen LogP contribution in [0.1, 0.15) is 5.82 Å². The first-order valence-electron chi connectivity index (χ1n) is 5.89. The van der Waals surface area contributed by atoms with Crippen molar-refractivity contribution in [2.45, 2.75) is 11.9 Å². The first-order chi connectivity index (χ1) is 9.67. The van der Waals surface area contributed by atoms with E-state index in [-0.39, 0.29) is 5.69 Å². The number of ether oxygens (including phenoxy) is 1. The quantitative estimate of drug-likeness (QED) is 0.458. The molecule has 1 aromatic heterocycles. The molecule has 2 aromatic rings. The normalized spacial score (nSPS) is 10.7. The maximum atomic E-state index is 10.7. The highest BCUT2D eigenvalue weighted by molar-refractivity contribution is 9.08. The number of hydrogen-bond acceptors (Lipinski definition) is 5. The summed E-state index contributed by atoms with van der Waals surface area (Å²) in [5.74, 6) is 1.46. The third-order valence-corrected chi connectivity index (χ3v) is 3.30. The van der Waals surface area contributed by atoms with E-state index in [1.165, 1.54) is 12.1 Å². The van der Waals surface area contributed by atoms with Crippen molar-refractivity contribution in [1.29, 1.82) is 0 Å². The number of nitro benzene ring substituents is 1. The Kier molecular flexibility index (Phi) is 4.80. The first-order valence-corrected chi connectivity index (χ1v) is 7.01. The molecule has 0 amide bonds. The van der Waals surface area contributed by atoms with E-state index < -0.39 is 4.92 Å². The Hall–Kier alpha value is -1.80. The van der Waals surface area contributed by atoms with Gasteiger partial charge in [-0.15, -0.1) is 10.2 Å². The van der Waals surface area contributed by atoms with Gasteiger partial charge in [0.2, 0.25) is 0 Å². The van der Waals surface area contributed by atoms with Gasteiger partial charge in [0.1, 0.15) is 5.82 Å². The van der Waals surface area contributed by atoms with Crippen LogP contribution in [0.3, 0.4) is 0 Å². The molecule has 0 aliphatic heterocycles. The number of alkyl halides is 1.